The Morgan fingerprint density at radius 2 is 1.52 bits per heavy atom. The van der Waals surface area contributed by atoms with E-state index in [-0.39, 0.29) is 11.5 Å². The summed E-state index contributed by atoms with van der Waals surface area (Å²) < 4.78 is 0. The molecule has 1 aromatic heterocycles. The number of aryl methyl sites for hydroxylation is 1. The predicted octanol–water partition coefficient (Wildman–Crippen LogP) is 4.50. The van der Waals surface area contributed by atoms with Crippen molar-refractivity contribution in [3.05, 3.63) is 93.7 Å². The van der Waals surface area contributed by atoms with E-state index in [1.165, 1.54) is 11.3 Å². The lowest BCUT2D eigenvalue weighted by molar-refractivity contribution is 0.0516. The number of nitrogens with zero attached hydrogens (tertiary/aromatic N) is 1. The van der Waals surface area contributed by atoms with Crippen LogP contribution in [0.5, 0.6) is 0 Å². The Labute approximate surface area is 149 Å². The van der Waals surface area contributed by atoms with Gasteiger partial charge in [-0.1, -0.05) is 53.7 Å². The van der Waals surface area contributed by atoms with Crippen LogP contribution in [-0.4, -0.2) is 17.5 Å². The van der Waals surface area contributed by atoms with Crippen molar-refractivity contribution < 1.29 is 14.4 Å². The molecule has 0 fully saturated rings. The molecule has 0 bridgehead atoms. The predicted molar refractivity (Wildman–Crippen MR) is 98.2 cm³/mol. The molecule has 0 saturated heterocycles. The lowest BCUT2D eigenvalue weighted by atomic mass is 10.1. The van der Waals surface area contributed by atoms with Crippen molar-refractivity contribution in [2.45, 2.75) is 6.92 Å². The second kappa shape index (κ2) is 7.68. The summed E-state index contributed by atoms with van der Waals surface area (Å²) in [6.07, 6.45) is 0. The van der Waals surface area contributed by atoms with Gasteiger partial charge >= 0.3 is 5.97 Å². The molecule has 0 N–H and O–H groups in total. The Morgan fingerprint density at radius 3 is 2.08 bits per heavy atom. The van der Waals surface area contributed by atoms with Gasteiger partial charge in [0.1, 0.15) is 0 Å². The summed E-state index contributed by atoms with van der Waals surface area (Å²) in [6.45, 7) is 1.92. The van der Waals surface area contributed by atoms with Gasteiger partial charge in [-0.2, -0.15) is 0 Å². The van der Waals surface area contributed by atoms with Crippen molar-refractivity contribution in [1.29, 1.82) is 0 Å². The molecule has 0 unspecified atom stereocenters. The molecule has 4 nitrogen and oxygen atoms in total. The summed E-state index contributed by atoms with van der Waals surface area (Å²) in [5.41, 5.74) is 2.08. The van der Waals surface area contributed by atoms with Crippen molar-refractivity contribution in [3.8, 4) is 0 Å². The summed E-state index contributed by atoms with van der Waals surface area (Å²) in [4.78, 5) is 30.5. The van der Waals surface area contributed by atoms with Crippen LogP contribution in [0.25, 0.3) is 0 Å². The number of carbonyl (C=O) groups is 2. The number of Topliss-reactive ketones (excluding diaryl/α,β-unsaturated/α-hetero) is 1. The van der Waals surface area contributed by atoms with E-state index < -0.39 is 5.97 Å². The zero-order chi connectivity index (χ0) is 17.6. The number of thiophene rings is 1. The van der Waals surface area contributed by atoms with Crippen LogP contribution in [0, 0.1) is 6.92 Å². The summed E-state index contributed by atoms with van der Waals surface area (Å²) in [7, 11) is 0. The second-order valence-corrected chi connectivity index (χ2v) is 6.28. The Hall–Kier alpha value is -3.05. The van der Waals surface area contributed by atoms with Crippen molar-refractivity contribution in [2.75, 3.05) is 0 Å². The van der Waals surface area contributed by atoms with E-state index in [1.54, 1.807) is 60.7 Å². The number of hydrogen-bond acceptors (Lipinski definition) is 5. The van der Waals surface area contributed by atoms with E-state index in [1.807, 2.05) is 18.4 Å². The van der Waals surface area contributed by atoms with E-state index in [4.69, 9.17) is 4.84 Å². The van der Waals surface area contributed by atoms with Crippen LogP contribution in [-0.2, 0) is 4.84 Å². The molecule has 1 heterocycles. The highest BCUT2D eigenvalue weighted by Gasteiger charge is 2.19. The molecular weight excluding hydrogens is 334 g/mol. The van der Waals surface area contributed by atoms with Gasteiger partial charge in [0, 0.05) is 5.56 Å². The molecule has 0 aliphatic heterocycles. The Kier molecular flexibility index (Phi) is 5.16. The molecule has 3 rings (SSSR count). The van der Waals surface area contributed by atoms with Crippen LogP contribution < -0.4 is 0 Å². The first-order valence-electron chi connectivity index (χ1n) is 7.65. The van der Waals surface area contributed by atoms with Crippen LogP contribution in [0.15, 0.2) is 77.3 Å². The van der Waals surface area contributed by atoms with E-state index in [9.17, 15) is 9.59 Å². The molecule has 0 aliphatic carbocycles. The average Bonchev–Trinajstić information content (AvgIpc) is 3.09. The molecule has 5 heteroatoms. The number of oxime groups is 1. The number of rotatable bonds is 5. The SMILES string of the molecule is Cc1csc(C(=O)C(=NOC(=O)c2ccccc2)c2ccccc2)c1. The maximum absolute atomic E-state index is 12.8. The third-order valence-electron chi connectivity index (χ3n) is 3.45. The third-order valence-corrected chi connectivity index (χ3v) is 4.49. The van der Waals surface area contributed by atoms with E-state index in [0.29, 0.717) is 16.0 Å². The van der Waals surface area contributed by atoms with Crippen LogP contribution in [0.4, 0.5) is 0 Å². The standard InChI is InChI=1S/C20H15NO3S/c1-14-12-17(25-13-14)19(22)18(15-8-4-2-5-9-15)21-24-20(23)16-10-6-3-7-11-16/h2-13H,1H3. The summed E-state index contributed by atoms with van der Waals surface area (Å²) in [5, 5.41) is 5.77. The van der Waals surface area contributed by atoms with Crippen molar-refractivity contribution in [2.24, 2.45) is 5.16 Å². The van der Waals surface area contributed by atoms with Gasteiger partial charge in [-0.3, -0.25) is 4.79 Å². The van der Waals surface area contributed by atoms with Gasteiger partial charge in [-0.25, -0.2) is 4.79 Å². The summed E-state index contributed by atoms with van der Waals surface area (Å²) in [6, 6.07) is 19.3. The fourth-order valence-electron chi connectivity index (χ4n) is 2.20. The molecule has 25 heavy (non-hydrogen) atoms. The van der Waals surface area contributed by atoms with Gasteiger partial charge in [0.05, 0.1) is 10.4 Å². The smallest absolute Gasteiger partial charge is 0.312 e. The quantitative estimate of drug-likeness (QED) is 0.295. The normalized spacial score (nSPS) is 11.2. The lowest BCUT2D eigenvalue weighted by Gasteiger charge is -2.04. The van der Waals surface area contributed by atoms with E-state index >= 15 is 0 Å². The van der Waals surface area contributed by atoms with Gasteiger partial charge in [-0.05, 0) is 36.1 Å². The maximum atomic E-state index is 12.8. The highest BCUT2D eigenvalue weighted by Crippen LogP contribution is 2.17. The zero-order valence-electron chi connectivity index (χ0n) is 13.5. The number of benzene rings is 2. The van der Waals surface area contributed by atoms with Crippen LogP contribution >= 0.6 is 11.3 Å². The Bertz CT molecular complexity index is 914. The first kappa shape index (κ1) is 16.8. The molecule has 0 radical (unpaired) electrons. The lowest BCUT2D eigenvalue weighted by Crippen LogP contribution is -2.16. The van der Waals surface area contributed by atoms with Gasteiger partial charge < -0.3 is 4.84 Å². The molecule has 0 atom stereocenters. The Morgan fingerprint density at radius 1 is 0.920 bits per heavy atom. The maximum Gasteiger partial charge on any atom is 0.365 e. The van der Waals surface area contributed by atoms with Crippen LogP contribution in [0.1, 0.15) is 31.2 Å². The van der Waals surface area contributed by atoms with Crippen LogP contribution in [0.3, 0.4) is 0 Å². The molecule has 2 aromatic carbocycles. The molecule has 0 aliphatic rings. The fraction of sp³-hybridized carbons (Fsp3) is 0.0500. The van der Waals surface area contributed by atoms with E-state index in [2.05, 4.69) is 5.16 Å². The second-order valence-electron chi connectivity index (χ2n) is 5.37. The minimum Gasteiger partial charge on any atom is -0.312 e. The van der Waals surface area contributed by atoms with E-state index in [0.717, 1.165) is 5.56 Å². The number of ketones is 1. The minimum absolute atomic E-state index is 0.103. The molecular formula is C20H15NO3S. The highest BCUT2D eigenvalue weighted by atomic mass is 32.1. The van der Waals surface area contributed by atoms with Crippen molar-refractivity contribution in [1.82, 2.24) is 0 Å². The topological polar surface area (TPSA) is 55.7 Å². The van der Waals surface area contributed by atoms with Gasteiger partial charge in [0.15, 0.2) is 5.71 Å². The summed E-state index contributed by atoms with van der Waals surface area (Å²) >= 11 is 1.34. The zero-order valence-corrected chi connectivity index (χ0v) is 14.3. The molecule has 3 aromatic rings. The van der Waals surface area contributed by atoms with Crippen molar-refractivity contribution >= 4 is 28.8 Å². The third kappa shape index (κ3) is 4.08. The van der Waals surface area contributed by atoms with Crippen molar-refractivity contribution in [3.63, 3.8) is 0 Å². The van der Waals surface area contributed by atoms with Gasteiger partial charge in [-0.15, -0.1) is 11.3 Å². The number of hydrogen-bond donors (Lipinski definition) is 0. The fourth-order valence-corrected chi connectivity index (χ4v) is 3.04. The molecule has 124 valence electrons. The monoisotopic (exact) mass is 349 g/mol. The first-order chi connectivity index (χ1) is 12.1. The van der Waals surface area contributed by atoms with Gasteiger partial charge in [0.2, 0.25) is 5.78 Å². The number of carbonyl (C=O) groups excluding carboxylic acids is 2. The molecule has 0 saturated carbocycles. The minimum atomic E-state index is -0.607. The summed E-state index contributed by atoms with van der Waals surface area (Å²) in [5.74, 6) is -0.880. The molecule has 0 amide bonds. The largest absolute Gasteiger partial charge is 0.365 e. The highest BCUT2D eigenvalue weighted by molar-refractivity contribution is 7.13. The molecule has 0 spiro atoms. The Balaban J connectivity index is 1.91. The van der Waals surface area contributed by atoms with Crippen LogP contribution in [0.2, 0.25) is 0 Å². The average molecular weight is 349 g/mol. The first-order valence-corrected chi connectivity index (χ1v) is 8.53. The van der Waals surface area contributed by atoms with Gasteiger partial charge in [0.25, 0.3) is 0 Å².